The van der Waals surface area contributed by atoms with E-state index in [2.05, 4.69) is 26.2 Å². The van der Waals surface area contributed by atoms with E-state index in [1.165, 1.54) is 35.2 Å². The van der Waals surface area contributed by atoms with Crippen LogP contribution < -0.4 is 5.32 Å². The van der Waals surface area contributed by atoms with Gasteiger partial charge in [0.05, 0.1) is 5.69 Å². The van der Waals surface area contributed by atoms with Crippen LogP contribution in [0.25, 0.3) is 11.3 Å². The number of aromatic nitrogens is 1. The summed E-state index contributed by atoms with van der Waals surface area (Å²) in [6, 6.07) is 14.1. The molecule has 0 atom stereocenters. The maximum Gasteiger partial charge on any atom is 0.226 e. The lowest BCUT2D eigenvalue weighted by Crippen LogP contribution is -2.11. The van der Waals surface area contributed by atoms with Crippen molar-refractivity contribution in [3.63, 3.8) is 0 Å². The first kappa shape index (κ1) is 18.1. The highest BCUT2D eigenvalue weighted by molar-refractivity contribution is 9.10. The van der Waals surface area contributed by atoms with Crippen LogP contribution >= 0.6 is 39.0 Å². The van der Waals surface area contributed by atoms with E-state index in [1.54, 1.807) is 12.1 Å². The van der Waals surface area contributed by atoms with Gasteiger partial charge in [0.2, 0.25) is 5.91 Å². The molecule has 1 heterocycles. The first-order chi connectivity index (χ1) is 12.1. The van der Waals surface area contributed by atoms with Gasteiger partial charge in [0.15, 0.2) is 5.13 Å². The fourth-order valence-corrected chi connectivity index (χ4v) is 3.91. The van der Waals surface area contributed by atoms with Crippen molar-refractivity contribution in [2.45, 2.75) is 11.3 Å². The molecule has 0 aliphatic heterocycles. The third kappa shape index (κ3) is 5.39. The van der Waals surface area contributed by atoms with Crippen LogP contribution in [-0.4, -0.2) is 16.6 Å². The molecule has 0 saturated heterocycles. The Kier molecular flexibility index (Phi) is 6.23. The highest BCUT2D eigenvalue weighted by Crippen LogP contribution is 2.26. The molecule has 7 heteroatoms. The van der Waals surface area contributed by atoms with Crippen molar-refractivity contribution in [3.05, 3.63) is 64.2 Å². The zero-order chi connectivity index (χ0) is 17.6. The second-order valence-electron chi connectivity index (χ2n) is 5.15. The smallest absolute Gasteiger partial charge is 0.226 e. The molecule has 0 unspecified atom stereocenters. The van der Waals surface area contributed by atoms with Gasteiger partial charge in [0.1, 0.15) is 5.82 Å². The summed E-state index contributed by atoms with van der Waals surface area (Å²) >= 11 is 6.33. The molecule has 0 aliphatic carbocycles. The maximum absolute atomic E-state index is 12.8. The maximum atomic E-state index is 12.8. The van der Waals surface area contributed by atoms with Gasteiger partial charge in [-0.1, -0.05) is 28.1 Å². The molecule has 0 bridgehead atoms. The number of anilines is 1. The Labute approximate surface area is 161 Å². The minimum absolute atomic E-state index is 0.0775. The summed E-state index contributed by atoms with van der Waals surface area (Å²) in [5, 5.41) is 5.34. The summed E-state index contributed by atoms with van der Waals surface area (Å²) in [6.45, 7) is 0. The molecule has 0 radical (unpaired) electrons. The van der Waals surface area contributed by atoms with Crippen LogP contribution in [-0.2, 0) is 4.79 Å². The van der Waals surface area contributed by atoms with Crippen LogP contribution in [0.3, 0.4) is 0 Å². The van der Waals surface area contributed by atoms with E-state index in [0.717, 1.165) is 20.6 Å². The van der Waals surface area contributed by atoms with Gasteiger partial charge in [-0.25, -0.2) is 9.37 Å². The molecule has 0 aliphatic rings. The van der Waals surface area contributed by atoms with Crippen LogP contribution in [0, 0.1) is 5.82 Å². The van der Waals surface area contributed by atoms with Crippen molar-refractivity contribution in [1.82, 2.24) is 4.98 Å². The Morgan fingerprint density at radius 1 is 1.16 bits per heavy atom. The highest BCUT2D eigenvalue weighted by Gasteiger charge is 2.08. The summed E-state index contributed by atoms with van der Waals surface area (Å²) in [4.78, 5) is 17.4. The Bertz CT molecular complexity index is 850. The largest absolute Gasteiger partial charge is 0.302 e. The van der Waals surface area contributed by atoms with Gasteiger partial charge in [0.25, 0.3) is 0 Å². The number of carbonyl (C=O) groups is 1. The lowest BCUT2D eigenvalue weighted by molar-refractivity contribution is -0.115. The van der Waals surface area contributed by atoms with E-state index < -0.39 is 0 Å². The van der Waals surface area contributed by atoms with Crippen molar-refractivity contribution in [2.24, 2.45) is 0 Å². The Balaban J connectivity index is 1.49. The number of nitrogens with one attached hydrogen (secondary N) is 1. The van der Waals surface area contributed by atoms with E-state index in [1.807, 2.05) is 29.6 Å². The molecule has 0 spiro atoms. The number of hydrogen-bond donors (Lipinski definition) is 1. The number of hydrogen-bond acceptors (Lipinski definition) is 4. The molecule has 128 valence electrons. The molecule has 1 N–H and O–H groups in total. The predicted octanol–water partition coefficient (Wildman–Crippen LogP) is 5.83. The molecule has 25 heavy (non-hydrogen) atoms. The van der Waals surface area contributed by atoms with Crippen LogP contribution in [0.1, 0.15) is 6.42 Å². The third-order valence-electron chi connectivity index (χ3n) is 3.30. The van der Waals surface area contributed by atoms with Gasteiger partial charge in [-0.3, -0.25) is 4.79 Å². The van der Waals surface area contributed by atoms with E-state index in [0.29, 0.717) is 17.3 Å². The lowest BCUT2D eigenvalue weighted by Gasteiger charge is -2.02. The number of rotatable bonds is 6. The number of thiazole rings is 1. The fraction of sp³-hybridized carbons (Fsp3) is 0.111. The van der Waals surface area contributed by atoms with E-state index in [9.17, 15) is 9.18 Å². The normalized spacial score (nSPS) is 10.6. The van der Waals surface area contributed by atoms with Crippen molar-refractivity contribution >= 4 is 50.1 Å². The van der Waals surface area contributed by atoms with Crippen molar-refractivity contribution in [2.75, 3.05) is 11.1 Å². The molecule has 1 aromatic heterocycles. The Morgan fingerprint density at radius 2 is 1.88 bits per heavy atom. The molecular weight excluding hydrogens is 423 g/mol. The number of halogens is 2. The lowest BCUT2D eigenvalue weighted by atomic mass is 10.2. The Morgan fingerprint density at radius 3 is 2.60 bits per heavy atom. The predicted molar refractivity (Wildman–Crippen MR) is 106 cm³/mol. The second-order valence-corrected chi connectivity index (χ2v) is 8.09. The number of benzene rings is 2. The van der Waals surface area contributed by atoms with E-state index in [-0.39, 0.29) is 11.7 Å². The first-order valence-corrected chi connectivity index (χ1v) is 10.2. The van der Waals surface area contributed by atoms with E-state index >= 15 is 0 Å². The number of amides is 1. The molecule has 2 aromatic carbocycles. The van der Waals surface area contributed by atoms with Gasteiger partial charge in [-0.2, -0.15) is 0 Å². The Hall–Kier alpha value is -1.70. The van der Waals surface area contributed by atoms with Crippen LogP contribution in [0.5, 0.6) is 0 Å². The molecule has 0 fully saturated rings. The second kappa shape index (κ2) is 8.60. The summed E-state index contributed by atoms with van der Waals surface area (Å²) in [6.07, 6.45) is 0.370. The summed E-state index contributed by atoms with van der Waals surface area (Å²) in [5.41, 5.74) is 1.85. The molecular formula is C18H14BrFN2OS2. The van der Waals surface area contributed by atoms with Gasteiger partial charge in [-0.05, 0) is 36.4 Å². The third-order valence-corrected chi connectivity index (χ3v) is 5.60. The SMILES string of the molecule is O=C(CCSc1ccc(F)cc1)Nc1nc(-c2ccc(Br)cc2)cs1. The summed E-state index contributed by atoms with van der Waals surface area (Å²) in [7, 11) is 0. The molecule has 1 amide bonds. The molecule has 3 nitrogen and oxygen atoms in total. The molecule has 0 saturated carbocycles. The minimum atomic E-state index is -0.257. The van der Waals surface area contributed by atoms with E-state index in [4.69, 9.17) is 0 Å². The van der Waals surface area contributed by atoms with Gasteiger partial charge < -0.3 is 5.32 Å². The van der Waals surface area contributed by atoms with Crippen molar-refractivity contribution in [1.29, 1.82) is 0 Å². The first-order valence-electron chi connectivity index (χ1n) is 7.50. The van der Waals surface area contributed by atoms with Crippen LogP contribution in [0.4, 0.5) is 9.52 Å². The van der Waals surface area contributed by atoms with Crippen molar-refractivity contribution in [3.8, 4) is 11.3 Å². The molecule has 3 rings (SSSR count). The van der Waals surface area contributed by atoms with Gasteiger partial charge >= 0.3 is 0 Å². The average molecular weight is 437 g/mol. The zero-order valence-corrected chi connectivity index (χ0v) is 16.3. The minimum Gasteiger partial charge on any atom is -0.302 e. The van der Waals surface area contributed by atoms with Crippen LogP contribution in [0.15, 0.2) is 63.3 Å². The summed E-state index contributed by atoms with van der Waals surface area (Å²) < 4.78 is 13.9. The number of nitrogens with zero attached hydrogens (tertiary/aromatic N) is 1. The molecule has 3 aromatic rings. The monoisotopic (exact) mass is 436 g/mol. The summed E-state index contributed by atoms with van der Waals surface area (Å²) in [5.74, 6) is 0.293. The standard InChI is InChI=1S/C18H14BrFN2OS2/c19-13-3-1-12(2-4-13)16-11-25-18(21-16)22-17(23)9-10-24-15-7-5-14(20)6-8-15/h1-8,11H,9-10H2,(H,21,22,23). The fourth-order valence-electron chi connectivity index (χ4n) is 2.06. The quantitative estimate of drug-likeness (QED) is 0.494. The van der Waals surface area contributed by atoms with Gasteiger partial charge in [-0.15, -0.1) is 23.1 Å². The topological polar surface area (TPSA) is 42.0 Å². The van der Waals surface area contributed by atoms with Crippen LogP contribution in [0.2, 0.25) is 0 Å². The number of thioether (sulfide) groups is 1. The van der Waals surface area contributed by atoms with Gasteiger partial charge in [0, 0.05) is 32.5 Å². The average Bonchev–Trinajstić information content (AvgIpc) is 3.06. The zero-order valence-electron chi connectivity index (χ0n) is 13.0. The highest BCUT2D eigenvalue weighted by atomic mass is 79.9. The van der Waals surface area contributed by atoms with Crippen molar-refractivity contribution < 1.29 is 9.18 Å². The number of carbonyl (C=O) groups excluding carboxylic acids is 1.